The molecule has 28 heavy (non-hydrogen) atoms. The Kier molecular flexibility index (Phi) is 9.00. The molecule has 0 radical (unpaired) electrons. The molecule has 1 rings (SSSR count). The largest absolute Gasteiger partial charge is 0.452 e. The van der Waals surface area contributed by atoms with Crippen LogP contribution in [0, 0.1) is 5.82 Å². The predicted octanol–water partition coefficient (Wildman–Crippen LogP) is 0.265. The molecule has 0 aliphatic rings. The first kappa shape index (κ1) is 23.5. The van der Waals surface area contributed by atoms with Crippen LogP contribution in [0.15, 0.2) is 23.1 Å². The molecular weight excluding hydrogens is 393 g/mol. The number of halogens is 1. The van der Waals surface area contributed by atoms with E-state index in [-0.39, 0.29) is 24.5 Å². The molecule has 0 atom stereocenters. The van der Waals surface area contributed by atoms with Gasteiger partial charge in [-0.2, -0.15) is 4.31 Å². The lowest BCUT2D eigenvalue weighted by molar-refractivity contribution is -0.127. The van der Waals surface area contributed by atoms with E-state index >= 15 is 0 Å². The Labute approximate surface area is 163 Å². The Morgan fingerprint density at radius 1 is 1.07 bits per heavy atom. The first-order chi connectivity index (χ1) is 13.2. The van der Waals surface area contributed by atoms with Crippen LogP contribution in [0.2, 0.25) is 0 Å². The Morgan fingerprint density at radius 2 is 1.71 bits per heavy atom. The lowest BCUT2D eigenvalue weighted by Gasteiger charge is -2.18. The fourth-order valence-electron chi connectivity index (χ4n) is 2.23. The van der Waals surface area contributed by atoms with E-state index in [0.29, 0.717) is 6.54 Å². The quantitative estimate of drug-likeness (QED) is 0.527. The molecule has 2 N–H and O–H groups in total. The number of amides is 2. The van der Waals surface area contributed by atoms with Crippen LogP contribution in [0.1, 0.15) is 31.1 Å². The van der Waals surface area contributed by atoms with Crippen LogP contribution < -0.4 is 10.6 Å². The number of benzene rings is 1. The second-order valence-corrected chi connectivity index (χ2v) is 7.48. The number of hydrogen-bond acceptors (Lipinski definition) is 6. The summed E-state index contributed by atoms with van der Waals surface area (Å²) in [5.74, 6) is -3.34. The van der Waals surface area contributed by atoms with Gasteiger partial charge in [0, 0.05) is 19.6 Å². The highest BCUT2D eigenvalue weighted by atomic mass is 32.2. The van der Waals surface area contributed by atoms with Gasteiger partial charge in [0.05, 0.1) is 17.0 Å². The summed E-state index contributed by atoms with van der Waals surface area (Å²) in [6.07, 6.45) is 0. The molecule has 0 aliphatic heterocycles. The Balaban J connectivity index is 2.83. The van der Waals surface area contributed by atoms with Gasteiger partial charge in [0.15, 0.2) is 6.61 Å². The summed E-state index contributed by atoms with van der Waals surface area (Å²) in [6.45, 7) is 4.79. The number of rotatable bonds is 10. The minimum atomic E-state index is -3.89. The number of carbonyl (C=O) groups excluding carboxylic acids is 3. The molecule has 1 aromatic rings. The summed E-state index contributed by atoms with van der Waals surface area (Å²) in [5.41, 5.74) is -0.607. The van der Waals surface area contributed by atoms with Crippen molar-refractivity contribution in [2.45, 2.75) is 25.7 Å². The van der Waals surface area contributed by atoms with Crippen molar-refractivity contribution in [3.63, 3.8) is 0 Å². The summed E-state index contributed by atoms with van der Waals surface area (Å²) in [5, 5.41) is 4.70. The van der Waals surface area contributed by atoms with Crippen molar-refractivity contribution in [2.24, 2.45) is 0 Å². The molecule has 2 amide bonds. The van der Waals surface area contributed by atoms with Gasteiger partial charge in [-0.1, -0.05) is 13.8 Å². The fraction of sp³-hybridized carbons (Fsp3) is 0.471. The van der Waals surface area contributed by atoms with E-state index in [1.165, 1.54) is 0 Å². The second-order valence-electron chi connectivity index (χ2n) is 5.54. The van der Waals surface area contributed by atoms with Gasteiger partial charge in [0.25, 0.3) is 5.91 Å². The van der Waals surface area contributed by atoms with Gasteiger partial charge in [0.1, 0.15) is 5.82 Å². The highest BCUT2D eigenvalue weighted by molar-refractivity contribution is 7.89. The normalized spacial score (nSPS) is 11.2. The number of likely N-dealkylation sites (N-methyl/N-ethyl adjacent to an activating group) is 1. The van der Waals surface area contributed by atoms with Crippen LogP contribution in [0.5, 0.6) is 0 Å². The first-order valence-electron chi connectivity index (χ1n) is 8.67. The van der Waals surface area contributed by atoms with Gasteiger partial charge in [-0.05, 0) is 25.1 Å². The summed E-state index contributed by atoms with van der Waals surface area (Å²) in [7, 11) is -3.89. The highest BCUT2D eigenvalue weighted by Crippen LogP contribution is 2.19. The van der Waals surface area contributed by atoms with E-state index in [9.17, 15) is 27.2 Å². The molecule has 0 spiro atoms. The average molecular weight is 417 g/mol. The molecule has 0 unspecified atom stereocenters. The SMILES string of the molecule is CCNC(=O)CNC(=O)COC(=O)c1cc(S(=O)(=O)N(CC)CC)ccc1F. The molecule has 0 saturated carbocycles. The maximum absolute atomic E-state index is 14.0. The van der Waals surface area contributed by atoms with Gasteiger partial charge in [0.2, 0.25) is 15.9 Å². The minimum absolute atomic E-state index is 0.210. The van der Waals surface area contributed by atoms with Crippen molar-refractivity contribution in [3.05, 3.63) is 29.6 Å². The molecule has 9 nitrogen and oxygen atoms in total. The molecule has 1 aromatic carbocycles. The molecule has 0 heterocycles. The molecule has 0 aliphatic carbocycles. The number of esters is 1. The first-order valence-corrected chi connectivity index (χ1v) is 10.1. The summed E-state index contributed by atoms with van der Waals surface area (Å²) in [6, 6.07) is 2.78. The van der Waals surface area contributed by atoms with E-state index in [4.69, 9.17) is 4.74 Å². The Hall–Kier alpha value is -2.53. The van der Waals surface area contributed by atoms with E-state index in [1.807, 2.05) is 0 Å². The number of ether oxygens (including phenoxy) is 1. The maximum atomic E-state index is 14.0. The standard InChI is InChI=1S/C17H24FN3O6S/c1-4-19-15(22)10-20-16(23)11-27-17(24)13-9-12(7-8-14(13)18)28(25,26)21(5-2)6-3/h7-9H,4-6,10-11H2,1-3H3,(H,19,22)(H,20,23). The van der Waals surface area contributed by atoms with E-state index < -0.39 is 45.8 Å². The van der Waals surface area contributed by atoms with E-state index in [0.717, 1.165) is 22.5 Å². The van der Waals surface area contributed by atoms with Gasteiger partial charge in [-0.25, -0.2) is 17.6 Å². The van der Waals surface area contributed by atoms with Crippen molar-refractivity contribution in [2.75, 3.05) is 32.8 Å². The van der Waals surface area contributed by atoms with Crippen LogP contribution in [0.3, 0.4) is 0 Å². The van der Waals surface area contributed by atoms with Gasteiger partial charge in [-0.15, -0.1) is 0 Å². The van der Waals surface area contributed by atoms with E-state index in [1.54, 1.807) is 20.8 Å². The molecule has 0 fully saturated rings. The molecule has 0 saturated heterocycles. The van der Waals surface area contributed by atoms with Crippen LogP contribution in [0.25, 0.3) is 0 Å². The van der Waals surface area contributed by atoms with Crippen LogP contribution in [0.4, 0.5) is 4.39 Å². The molecule has 11 heteroatoms. The fourth-order valence-corrected chi connectivity index (χ4v) is 3.72. The lowest BCUT2D eigenvalue weighted by atomic mass is 10.2. The number of nitrogens with one attached hydrogen (secondary N) is 2. The predicted molar refractivity (Wildman–Crippen MR) is 98.5 cm³/mol. The maximum Gasteiger partial charge on any atom is 0.341 e. The summed E-state index contributed by atoms with van der Waals surface area (Å²) < 4.78 is 44.8. The number of hydrogen-bond donors (Lipinski definition) is 2. The van der Waals surface area contributed by atoms with Crippen LogP contribution in [-0.4, -0.2) is 63.3 Å². The summed E-state index contributed by atoms with van der Waals surface area (Å²) >= 11 is 0. The average Bonchev–Trinajstić information content (AvgIpc) is 2.65. The van der Waals surface area contributed by atoms with Crippen LogP contribution >= 0.6 is 0 Å². The highest BCUT2D eigenvalue weighted by Gasteiger charge is 2.25. The van der Waals surface area contributed by atoms with Crippen molar-refractivity contribution in [1.82, 2.24) is 14.9 Å². The minimum Gasteiger partial charge on any atom is -0.452 e. The smallest absolute Gasteiger partial charge is 0.341 e. The van der Waals surface area contributed by atoms with Crippen molar-refractivity contribution in [3.8, 4) is 0 Å². The molecular formula is C17H24FN3O6S. The second kappa shape index (κ2) is 10.7. The third-order valence-corrected chi connectivity index (χ3v) is 5.70. The topological polar surface area (TPSA) is 122 Å². The third kappa shape index (κ3) is 6.27. The van der Waals surface area contributed by atoms with Gasteiger partial charge < -0.3 is 15.4 Å². The van der Waals surface area contributed by atoms with Gasteiger partial charge >= 0.3 is 5.97 Å². The number of sulfonamides is 1. The van der Waals surface area contributed by atoms with Gasteiger partial charge in [-0.3, -0.25) is 9.59 Å². The number of carbonyl (C=O) groups is 3. The summed E-state index contributed by atoms with van der Waals surface area (Å²) in [4.78, 5) is 34.7. The lowest BCUT2D eigenvalue weighted by Crippen LogP contribution is -2.38. The molecule has 0 aromatic heterocycles. The zero-order valence-corrected chi connectivity index (χ0v) is 16.8. The zero-order valence-electron chi connectivity index (χ0n) is 16.0. The number of nitrogens with zero attached hydrogens (tertiary/aromatic N) is 1. The molecule has 156 valence electrons. The zero-order chi connectivity index (χ0) is 21.3. The Bertz CT molecular complexity index is 824. The van der Waals surface area contributed by atoms with Crippen molar-refractivity contribution in [1.29, 1.82) is 0 Å². The van der Waals surface area contributed by atoms with Crippen molar-refractivity contribution >= 4 is 27.8 Å². The Morgan fingerprint density at radius 3 is 2.29 bits per heavy atom. The van der Waals surface area contributed by atoms with E-state index in [2.05, 4.69) is 10.6 Å². The molecule has 0 bridgehead atoms. The third-order valence-electron chi connectivity index (χ3n) is 3.66. The monoisotopic (exact) mass is 417 g/mol. The van der Waals surface area contributed by atoms with Crippen LogP contribution in [-0.2, 0) is 24.3 Å². The van der Waals surface area contributed by atoms with Crippen molar-refractivity contribution < 1.29 is 31.9 Å².